The number of rotatable bonds is 3. The van der Waals surface area contributed by atoms with Crippen LogP contribution in [0, 0.1) is 0 Å². The molecule has 20 heavy (non-hydrogen) atoms. The van der Waals surface area contributed by atoms with Gasteiger partial charge in [0, 0.05) is 11.6 Å². The minimum absolute atomic E-state index is 0.309. The molecule has 0 aliphatic rings. The van der Waals surface area contributed by atoms with Crippen molar-refractivity contribution in [2.24, 2.45) is 0 Å². The van der Waals surface area contributed by atoms with Crippen LogP contribution >= 0.6 is 11.6 Å². The maximum absolute atomic E-state index is 5.96. The van der Waals surface area contributed by atoms with Gasteiger partial charge in [-0.2, -0.15) is 19.6 Å². The Balaban J connectivity index is 2.07. The van der Waals surface area contributed by atoms with Crippen LogP contribution < -0.4 is 4.74 Å². The molecule has 0 atom stereocenters. The number of nitrogens with zero attached hydrogens (tertiary/aromatic N) is 4. The first kappa shape index (κ1) is 12.6. The van der Waals surface area contributed by atoms with Crippen LogP contribution in [0.15, 0.2) is 42.7 Å². The van der Waals surface area contributed by atoms with E-state index in [1.165, 1.54) is 10.8 Å². The smallest absolute Gasteiger partial charge is 0.256 e. The average molecular weight is 287 g/mol. The Morgan fingerprint density at radius 3 is 3.00 bits per heavy atom. The lowest BCUT2D eigenvalue weighted by atomic mass is 10.2. The van der Waals surface area contributed by atoms with E-state index < -0.39 is 0 Å². The molecule has 0 spiro atoms. The van der Waals surface area contributed by atoms with Crippen LogP contribution in [0.25, 0.3) is 11.9 Å². The molecule has 0 fully saturated rings. The summed E-state index contributed by atoms with van der Waals surface area (Å²) in [4.78, 5) is 8.06. The van der Waals surface area contributed by atoms with Gasteiger partial charge in [-0.15, -0.1) is 0 Å². The number of fused-ring (bicyclic) bond motifs is 1. The molecule has 1 aromatic carbocycles. The molecule has 0 saturated carbocycles. The summed E-state index contributed by atoms with van der Waals surface area (Å²) in [6.45, 7) is 1.95. The summed E-state index contributed by atoms with van der Waals surface area (Å²) in [5, 5.41) is 4.38. The highest BCUT2D eigenvalue weighted by atomic mass is 35.5. The van der Waals surface area contributed by atoms with Gasteiger partial charge in [-0.05, 0) is 13.0 Å². The van der Waals surface area contributed by atoms with Gasteiger partial charge in [-0.25, -0.2) is 0 Å². The summed E-state index contributed by atoms with van der Waals surface area (Å²) < 4.78 is 7.40. The Morgan fingerprint density at radius 1 is 1.30 bits per heavy atom. The topological polar surface area (TPSA) is 52.3 Å². The second-order valence-corrected chi connectivity index (χ2v) is 4.42. The molecular weight excluding hydrogens is 276 g/mol. The summed E-state index contributed by atoms with van der Waals surface area (Å²) in [6, 6.07) is 9.31. The number of benzene rings is 1. The fourth-order valence-corrected chi connectivity index (χ4v) is 2.00. The molecule has 0 N–H and O–H groups in total. The second kappa shape index (κ2) is 5.30. The van der Waals surface area contributed by atoms with Crippen LogP contribution in [0.3, 0.4) is 0 Å². The minimum atomic E-state index is 0.309. The van der Waals surface area contributed by atoms with Gasteiger partial charge in [0.05, 0.1) is 0 Å². The summed E-state index contributed by atoms with van der Waals surface area (Å²) in [6.07, 6.45) is 5.33. The van der Waals surface area contributed by atoms with Crippen molar-refractivity contribution in [3.8, 4) is 11.6 Å². The highest BCUT2D eigenvalue weighted by molar-refractivity contribution is 6.29. The first-order chi connectivity index (χ1) is 9.78. The molecule has 2 aromatic heterocycles. The lowest BCUT2D eigenvalue weighted by Gasteiger charge is -2.09. The zero-order valence-electron chi connectivity index (χ0n) is 10.7. The van der Waals surface area contributed by atoms with Crippen LogP contribution in [0.4, 0.5) is 0 Å². The zero-order valence-corrected chi connectivity index (χ0v) is 11.4. The SMILES string of the molecule is C/C=C/c1ccccc1Oc1cc(Cl)nc2ncnn12. The largest absolute Gasteiger partial charge is 0.438 e. The van der Waals surface area contributed by atoms with Crippen molar-refractivity contribution in [1.29, 1.82) is 0 Å². The Kier molecular flexibility index (Phi) is 3.35. The first-order valence-corrected chi connectivity index (χ1v) is 6.41. The molecule has 2 heterocycles. The number of halogens is 1. The Morgan fingerprint density at radius 2 is 2.15 bits per heavy atom. The van der Waals surface area contributed by atoms with Crippen molar-refractivity contribution < 1.29 is 4.74 Å². The van der Waals surface area contributed by atoms with E-state index >= 15 is 0 Å². The first-order valence-electron chi connectivity index (χ1n) is 6.04. The average Bonchev–Trinajstić information content (AvgIpc) is 2.89. The van der Waals surface area contributed by atoms with Crippen molar-refractivity contribution in [1.82, 2.24) is 19.6 Å². The molecule has 100 valence electrons. The van der Waals surface area contributed by atoms with E-state index in [-0.39, 0.29) is 0 Å². The Bertz CT molecular complexity index is 782. The fraction of sp³-hybridized carbons (Fsp3) is 0.0714. The molecule has 0 bridgehead atoms. The molecule has 5 nitrogen and oxygen atoms in total. The lowest BCUT2D eigenvalue weighted by Crippen LogP contribution is -1.98. The Labute approximate surface area is 120 Å². The molecule has 0 saturated heterocycles. The van der Waals surface area contributed by atoms with E-state index in [1.54, 1.807) is 6.07 Å². The van der Waals surface area contributed by atoms with Crippen molar-refractivity contribution in [3.63, 3.8) is 0 Å². The van der Waals surface area contributed by atoms with Crippen LogP contribution in [0.2, 0.25) is 5.15 Å². The standard InChI is InChI=1S/C14H11ClN4O/c1-2-5-10-6-3-4-7-11(10)20-13-8-12(15)18-14-16-9-17-19(13)14/h2-9H,1H3/b5-2+. The third-order valence-electron chi connectivity index (χ3n) is 2.67. The van der Waals surface area contributed by atoms with Crippen molar-refractivity contribution >= 4 is 23.5 Å². The number of hydrogen-bond acceptors (Lipinski definition) is 4. The van der Waals surface area contributed by atoms with Gasteiger partial charge in [0.25, 0.3) is 5.78 Å². The molecule has 0 unspecified atom stereocenters. The van der Waals surface area contributed by atoms with Gasteiger partial charge in [0.15, 0.2) is 0 Å². The number of ether oxygens (including phenoxy) is 1. The third-order valence-corrected chi connectivity index (χ3v) is 2.86. The minimum Gasteiger partial charge on any atom is -0.438 e. The van der Waals surface area contributed by atoms with Gasteiger partial charge >= 0.3 is 0 Å². The van der Waals surface area contributed by atoms with E-state index in [4.69, 9.17) is 16.3 Å². The number of para-hydroxylation sites is 1. The summed E-state index contributed by atoms with van der Waals surface area (Å²) in [5.74, 6) is 1.58. The fourth-order valence-electron chi connectivity index (χ4n) is 1.83. The van der Waals surface area contributed by atoms with Crippen LogP contribution in [0.5, 0.6) is 11.6 Å². The maximum Gasteiger partial charge on any atom is 0.256 e. The van der Waals surface area contributed by atoms with E-state index in [0.29, 0.717) is 22.6 Å². The van der Waals surface area contributed by atoms with E-state index in [1.807, 2.05) is 43.3 Å². The number of allylic oxidation sites excluding steroid dienone is 1. The molecular formula is C14H11ClN4O. The molecule has 6 heteroatoms. The van der Waals surface area contributed by atoms with Crippen LogP contribution in [-0.2, 0) is 0 Å². The van der Waals surface area contributed by atoms with Gasteiger partial charge < -0.3 is 4.74 Å². The number of aromatic nitrogens is 4. The monoisotopic (exact) mass is 286 g/mol. The summed E-state index contributed by atoms with van der Waals surface area (Å²) in [7, 11) is 0. The molecule has 3 aromatic rings. The predicted octanol–water partition coefficient (Wildman–Crippen LogP) is 3.60. The van der Waals surface area contributed by atoms with Crippen LogP contribution in [-0.4, -0.2) is 19.6 Å². The van der Waals surface area contributed by atoms with Gasteiger partial charge in [0.2, 0.25) is 5.88 Å². The number of hydrogen-bond donors (Lipinski definition) is 0. The summed E-state index contributed by atoms with van der Waals surface area (Å²) >= 11 is 5.96. The third kappa shape index (κ3) is 2.35. The van der Waals surface area contributed by atoms with E-state index in [9.17, 15) is 0 Å². The molecule has 0 aliphatic carbocycles. The zero-order chi connectivity index (χ0) is 13.9. The molecule has 0 amide bonds. The normalized spacial score (nSPS) is 11.3. The highest BCUT2D eigenvalue weighted by Crippen LogP contribution is 2.27. The second-order valence-electron chi connectivity index (χ2n) is 4.03. The van der Waals surface area contributed by atoms with Crippen molar-refractivity contribution in [2.45, 2.75) is 6.92 Å². The van der Waals surface area contributed by atoms with Gasteiger partial charge in [-0.3, -0.25) is 0 Å². The maximum atomic E-state index is 5.96. The van der Waals surface area contributed by atoms with Crippen molar-refractivity contribution in [3.05, 3.63) is 53.5 Å². The van der Waals surface area contributed by atoms with Gasteiger partial charge in [-0.1, -0.05) is 42.0 Å². The quantitative estimate of drug-likeness (QED) is 0.690. The predicted molar refractivity (Wildman–Crippen MR) is 77.0 cm³/mol. The highest BCUT2D eigenvalue weighted by Gasteiger charge is 2.10. The molecule has 0 aliphatic heterocycles. The van der Waals surface area contributed by atoms with E-state index in [2.05, 4.69) is 15.1 Å². The lowest BCUT2D eigenvalue weighted by molar-refractivity contribution is 0.445. The molecule has 3 rings (SSSR count). The van der Waals surface area contributed by atoms with Gasteiger partial charge in [0.1, 0.15) is 17.2 Å². The summed E-state index contributed by atoms with van der Waals surface area (Å²) in [5.41, 5.74) is 0.969. The van der Waals surface area contributed by atoms with Crippen molar-refractivity contribution in [2.75, 3.05) is 0 Å². The Hall–Kier alpha value is -2.40. The molecule has 0 radical (unpaired) electrons. The van der Waals surface area contributed by atoms with Crippen LogP contribution in [0.1, 0.15) is 12.5 Å². The van der Waals surface area contributed by atoms with E-state index in [0.717, 1.165) is 5.56 Å².